The molecule has 0 saturated heterocycles. The van der Waals surface area contributed by atoms with Crippen LogP contribution in [0.2, 0.25) is 0 Å². The number of furan rings is 2. The summed E-state index contributed by atoms with van der Waals surface area (Å²) in [7, 11) is 0. The fraction of sp³-hybridized carbons (Fsp3) is 0. The van der Waals surface area contributed by atoms with Gasteiger partial charge in [-0.05, 0) is 81.6 Å². The van der Waals surface area contributed by atoms with Crippen LogP contribution in [0, 0.1) is 0 Å². The second-order valence-electron chi connectivity index (χ2n) is 14.0. The number of nitrogens with zero attached hydrogens (tertiary/aromatic N) is 1. The molecular weight excluding hydrogens is 671 g/mol. The number of rotatable bonds is 6. The molecule has 0 atom stereocenters. The molecule has 11 rings (SSSR count). The van der Waals surface area contributed by atoms with Gasteiger partial charge in [0.25, 0.3) is 0 Å². The lowest BCUT2D eigenvalue weighted by Gasteiger charge is -2.29. The Morgan fingerprint density at radius 2 is 0.891 bits per heavy atom. The Kier molecular flexibility index (Phi) is 7.17. The lowest BCUT2D eigenvalue weighted by Crippen LogP contribution is -2.11. The van der Waals surface area contributed by atoms with Crippen molar-refractivity contribution in [1.82, 2.24) is 0 Å². The van der Waals surface area contributed by atoms with Gasteiger partial charge in [0.1, 0.15) is 22.3 Å². The van der Waals surface area contributed by atoms with Gasteiger partial charge in [0.05, 0.1) is 16.8 Å². The largest absolute Gasteiger partial charge is 0.456 e. The number of para-hydroxylation sites is 4. The average molecular weight is 704 g/mol. The monoisotopic (exact) mass is 703 g/mol. The topological polar surface area (TPSA) is 29.5 Å². The second kappa shape index (κ2) is 12.6. The summed E-state index contributed by atoms with van der Waals surface area (Å²) in [5.74, 6) is 0. The predicted octanol–water partition coefficient (Wildman–Crippen LogP) is 15.1. The SMILES string of the molecule is c1cc(-c2ccccc2N(c2ccc(-c3cccc4c3oc3ccccc34)cc2)c2cccc3oc4ccccc4c23)cc(-c2cccc3ccccc23)c1. The van der Waals surface area contributed by atoms with Gasteiger partial charge in [-0.25, -0.2) is 0 Å². The maximum Gasteiger partial charge on any atom is 0.143 e. The maximum absolute atomic E-state index is 6.44. The van der Waals surface area contributed by atoms with Gasteiger partial charge in [0.15, 0.2) is 0 Å². The van der Waals surface area contributed by atoms with Gasteiger partial charge < -0.3 is 13.7 Å². The second-order valence-corrected chi connectivity index (χ2v) is 14.0. The summed E-state index contributed by atoms with van der Waals surface area (Å²) in [6.07, 6.45) is 0. The third-order valence-electron chi connectivity index (χ3n) is 10.9. The Bertz CT molecular complexity index is 3220. The molecule has 0 unspecified atom stereocenters. The van der Waals surface area contributed by atoms with Crippen molar-refractivity contribution >= 4 is 71.7 Å². The van der Waals surface area contributed by atoms with Crippen molar-refractivity contribution in [1.29, 1.82) is 0 Å². The standard InChI is InChI=1S/C52H33NO2/c1-2-17-39-34(13-1)14-10-21-40(39)36-15-9-16-37(33-36)41-18-3-6-24-46(41)53(47-25-12-28-50-51(47)45-20-5-8-27-49(45)54-50)38-31-29-35(30-32-38)42-22-11-23-44-43-19-4-7-26-48(43)55-52(42)44/h1-33H. The van der Waals surface area contributed by atoms with E-state index < -0.39 is 0 Å². The smallest absolute Gasteiger partial charge is 0.143 e. The quantitative estimate of drug-likeness (QED) is 0.173. The van der Waals surface area contributed by atoms with Crippen molar-refractivity contribution in [2.24, 2.45) is 0 Å². The van der Waals surface area contributed by atoms with E-state index in [0.29, 0.717) is 0 Å². The number of benzene rings is 9. The van der Waals surface area contributed by atoms with Gasteiger partial charge in [0.2, 0.25) is 0 Å². The predicted molar refractivity (Wildman–Crippen MR) is 229 cm³/mol. The minimum atomic E-state index is 0.854. The molecule has 11 aromatic rings. The molecule has 258 valence electrons. The maximum atomic E-state index is 6.44. The summed E-state index contributed by atoms with van der Waals surface area (Å²) in [5, 5.41) is 6.89. The van der Waals surface area contributed by atoms with E-state index in [1.807, 2.05) is 24.3 Å². The third kappa shape index (κ3) is 5.13. The van der Waals surface area contributed by atoms with Crippen molar-refractivity contribution in [2.75, 3.05) is 4.90 Å². The molecule has 9 aromatic carbocycles. The van der Waals surface area contributed by atoms with Crippen molar-refractivity contribution in [3.63, 3.8) is 0 Å². The third-order valence-corrected chi connectivity index (χ3v) is 10.9. The molecule has 0 aliphatic rings. The number of hydrogen-bond donors (Lipinski definition) is 0. The zero-order valence-corrected chi connectivity index (χ0v) is 29.8. The van der Waals surface area contributed by atoms with Crippen molar-refractivity contribution < 1.29 is 8.83 Å². The Morgan fingerprint density at radius 1 is 0.327 bits per heavy atom. The van der Waals surface area contributed by atoms with Crippen LogP contribution < -0.4 is 4.90 Å². The molecule has 55 heavy (non-hydrogen) atoms. The van der Waals surface area contributed by atoms with Crippen LogP contribution in [0.5, 0.6) is 0 Å². The van der Waals surface area contributed by atoms with Crippen LogP contribution in [-0.4, -0.2) is 0 Å². The van der Waals surface area contributed by atoms with E-state index in [9.17, 15) is 0 Å². The minimum absolute atomic E-state index is 0.854. The molecule has 3 heteroatoms. The minimum Gasteiger partial charge on any atom is -0.456 e. The summed E-state index contributed by atoms with van der Waals surface area (Å²) in [4.78, 5) is 2.38. The van der Waals surface area contributed by atoms with Crippen LogP contribution in [0.1, 0.15) is 0 Å². The van der Waals surface area contributed by atoms with Gasteiger partial charge in [-0.1, -0.05) is 152 Å². The lowest BCUT2D eigenvalue weighted by atomic mass is 9.94. The molecule has 0 spiro atoms. The van der Waals surface area contributed by atoms with Crippen LogP contribution >= 0.6 is 0 Å². The number of fused-ring (bicyclic) bond motifs is 7. The van der Waals surface area contributed by atoms with E-state index in [0.717, 1.165) is 83.2 Å². The number of hydrogen-bond acceptors (Lipinski definition) is 3. The zero-order valence-electron chi connectivity index (χ0n) is 29.8. The highest BCUT2D eigenvalue weighted by atomic mass is 16.3. The Labute approximate surface area is 317 Å². The average Bonchev–Trinajstić information content (AvgIpc) is 3.83. The summed E-state index contributed by atoms with van der Waals surface area (Å²) in [6, 6.07) is 71.0. The van der Waals surface area contributed by atoms with Crippen LogP contribution in [0.15, 0.2) is 209 Å². The Morgan fingerprint density at radius 3 is 1.76 bits per heavy atom. The first kappa shape index (κ1) is 31.2. The van der Waals surface area contributed by atoms with Gasteiger partial charge in [0, 0.05) is 33.0 Å². The highest BCUT2D eigenvalue weighted by molar-refractivity contribution is 6.14. The van der Waals surface area contributed by atoms with Crippen molar-refractivity contribution in [2.45, 2.75) is 0 Å². The van der Waals surface area contributed by atoms with Crippen LogP contribution in [0.25, 0.3) is 88.0 Å². The fourth-order valence-electron chi connectivity index (χ4n) is 8.36. The first-order valence-corrected chi connectivity index (χ1v) is 18.7. The number of anilines is 3. The van der Waals surface area contributed by atoms with Crippen molar-refractivity contribution in [3.05, 3.63) is 200 Å². The molecule has 0 amide bonds. The van der Waals surface area contributed by atoms with Crippen LogP contribution in [-0.2, 0) is 0 Å². The summed E-state index contributed by atoms with van der Waals surface area (Å²) in [5.41, 5.74) is 13.5. The highest BCUT2D eigenvalue weighted by Gasteiger charge is 2.22. The lowest BCUT2D eigenvalue weighted by molar-refractivity contribution is 0.669. The molecule has 0 radical (unpaired) electrons. The van der Waals surface area contributed by atoms with Crippen LogP contribution in [0.3, 0.4) is 0 Å². The molecule has 2 heterocycles. The Hall–Kier alpha value is -7.36. The summed E-state index contributed by atoms with van der Waals surface area (Å²) < 4.78 is 12.9. The highest BCUT2D eigenvalue weighted by Crippen LogP contribution is 2.47. The first-order valence-electron chi connectivity index (χ1n) is 18.7. The van der Waals surface area contributed by atoms with E-state index >= 15 is 0 Å². The molecule has 0 aliphatic carbocycles. The molecule has 3 nitrogen and oxygen atoms in total. The molecule has 0 aliphatic heterocycles. The van der Waals surface area contributed by atoms with Gasteiger partial charge >= 0.3 is 0 Å². The zero-order chi connectivity index (χ0) is 36.3. The van der Waals surface area contributed by atoms with Gasteiger partial charge in [-0.2, -0.15) is 0 Å². The summed E-state index contributed by atoms with van der Waals surface area (Å²) in [6.45, 7) is 0. The van der Waals surface area contributed by atoms with E-state index in [4.69, 9.17) is 8.83 Å². The van der Waals surface area contributed by atoms with E-state index in [1.165, 1.54) is 21.9 Å². The Balaban J connectivity index is 1.10. The normalized spacial score (nSPS) is 11.6. The van der Waals surface area contributed by atoms with E-state index in [1.54, 1.807) is 0 Å². The van der Waals surface area contributed by atoms with Crippen LogP contribution in [0.4, 0.5) is 17.1 Å². The summed E-state index contributed by atoms with van der Waals surface area (Å²) >= 11 is 0. The van der Waals surface area contributed by atoms with Gasteiger partial charge in [-0.3, -0.25) is 0 Å². The fourth-order valence-corrected chi connectivity index (χ4v) is 8.36. The van der Waals surface area contributed by atoms with E-state index in [2.05, 4.69) is 181 Å². The molecule has 2 aromatic heterocycles. The molecule has 0 bridgehead atoms. The molecule has 0 fully saturated rings. The van der Waals surface area contributed by atoms with E-state index in [-0.39, 0.29) is 0 Å². The molecule has 0 N–H and O–H groups in total. The molecule has 0 saturated carbocycles. The molecular formula is C52H33NO2. The first-order chi connectivity index (χ1) is 27.3. The van der Waals surface area contributed by atoms with Gasteiger partial charge in [-0.15, -0.1) is 0 Å². The van der Waals surface area contributed by atoms with Crippen molar-refractivity contribution in [3.8, 4) is 33.4 Å².